The first-order valence-corrected chi connectivity index (χ1v) is 12.4. The number of amides is 2. The van der Waals surface area contributed by atoms with E-state index in [-0.39, 0.29) is 18.0 Å². The van der Waals surface area contributed by atoms with E-state index in [1.165, 1.54) is 0 Å². The fourth-order valence-corrected chi connectivity index (χ4v) is 4.03. The highest BCUT2D eigenvalue weighted by molar-refractivity contribution is 6.06. The summed E-state index contributed by atoms with van der Waals surface area (Å²) in [5.41, 5.74) is 1.35. The summed E-state index contributed by atoms with van der Waals surface area (Å²) in [4.78, 5) is 31.6. The second-order valence-corrected chi connectivity index (χ2v) is 9.91. The maximum absolute atomic E-state index is 13.2. The Morgan fingerprint density at radius 1 is 1.05 bits per heavy atom. The van der Waals surface area contributed by atoms with E-state index < -0.39 is 5.60 Å². The van der Waals surface area contributed by atoms with E-state index in [1.54, 1.807) is 47.6 Å². The molecule has 1 aromatic heterocycles. The molecule has 0 bridgehead atoms. The molecule has 0 spiro atoms. The van der Waals surface area contributed by atoms with Crippen LogP contribution in [-0.2, 0) is 11.3 Å². The predicted octanol–water partition coefficient (Wildman–Crippen LogP) is 5.69. The zero-order valence-electron chi connectivity index (χ0n) is 21.5. The van der Waals surface area contributed by atoms with Gasteiger partial charge in [0.05, 0.1) is 23.5 Å². The minimum absolute atomic E-state index is 0.100. The van der Waals surface area contributed by atoms with E-state index in [2.05, 4.69) is 10.3 Å². The Bertz CT molecular complexity index is 1200. The molecule has 1 saturated heterocycles. The number of anilines is 1. The minimum Gasteiger partial charge on any atom is -0.491 e. The van der Waals surface area contributed by atoms with Gasteiger partial charge in [0, 0.05) is 12.7 Å². The molecule has 0 aliphatic carbocycles. The Morgan fingerprint density at radius 3 is 2.59 bits per heavy atom. The summed E-state index contributed by atoms with van der Waals surface area (Å²) >= 11 is 0. The molecule has 8 heteroatoms. The molecular weight excluding hydrogens is 470 g/mol. The molecule has 194 valence electrons. The van der Waals surface area contributed by atoms with Crippen molar-refractivity contribution in [2.45, 2.75) is 51.9 Å². The monoisotopic (exact) mass is 503 g/mol. The molecule has 0 unspecified atom stereocenters. The zero-order chi connectivity index (χ0) is 26.3. The third-order valence-electron chi connectivity index (χ3n) is 5.80. The molecule has 8 nitrogen and oxygen atoms in total. The van der Waals surface area contributed by atoms with Crippen molar-refractivity contribution in [2.75, 3.05) is 18.5 Å². The number of hydrogen-bond donors (Lipinski definition) is 1. The Morgan fingerprint density at radius 2 is 1.86 bits per heavy atom. The Balaban J connectivity index is 1.48. The molecule has 3 aromatic rings. The smallest absolute Gasteiger partial charge is 0.410 e. The fraction of sp³-hybridized carbons (Fsp3) is 0.345. The van der Waals surface area contributed by atoms with Crippen LogP contribution in [0.25, 0.3) is 0 Å². The van der Waals surface area contributed by atoms with Gasteiger partial charge in [-0.3, -0.25) is 9.78 Å². The molecule has 37 heavy (non-hydrogen) atoms. The lowest BCUT2D eigenvalue weighted by atomic mass is 10.1. The van der Waals surface area contributed by atoms with Crippen molar-refractivity contribution in [3.05, 3.63) is 84.2 Å². The highest BCUT2D eigenvalue weighted by Gasteiger charge is 2.32. The maximum Gasteiger partial charge on any atom is 0.410 e. The molecule has 0 radical (unpaired) electrons. The summed E-state index contributed by atoms with van der Waals surface area (Å²) in [6.07, 6.45) is 4.60. The van der Waals surface area contributed by atoms with E-state index in [9.17, 15) is 9.59 Å². The summed E-state index contributed by atoms with van der Waals surface area (Å²) in [7, 11) is 0. The van der Waals surface area contributed by atoms with Gasteiger partial charge in [-0.25, -0.2) is 4.79 Å². The van der Waals surface area contributed by atoms with Crippen LogP contribution in [0, 0.1) is 0 Å². The topological polar surface area (TPSA) is 90.0 Å². The van der Waals surface area contributed by atoms with Crippen LogP contribution in [0.15, 0.2) is 73.1 Å². The lowest BCUT2D eigenvalue weighted by Crippen LogP contribution is -2.42. The van der Waals surface area contributed by atoms with E-state index in [1.807, 2.05) is 51.1 Å². The zero-order valence-corrected chi connectivity index (χ0v) is 21.5. The van der Waals surface area contributed by atoms with Gasteiger partial charge in [0.2, 0.25) is 0 Å². The normalized spacial score (nSPS) is 15.2. The van der Waals surface area contributed by atoms with Crippen molar-refractivity contribution in [2.24, 2.45) is 0 Å². The Labute approximate surface area is 217 Å². The van der Waals surface area contributed by atoms with E-state index >= 15 is 0 Å². The van der Waals surface area contributed by atoms with E-state index in [4.69, 9.17) is 14.2 Å². The molecule has 1 fully saturated rings. The van der Waals surface area contributed by atoms with Crippen LogP contribution in [0.1, 0.15) is 49.5 Å². The number of aromatic nitrogens is 1. The average molecular weight is 504 g/mol. The summed E-state index contributed by atoms with van der Waals surface area (Å²) in [6.45, 7) is 6.81. The second-order valence-electron chi connectivity index (χ2n) is 9.91. The van der Waals surface area contributed by atoms with Crippen molar-refractivity contribution in [3.8, 4) is 11.5 Å². The van der Waals surface area contributed by atoms with Crippen LogP contribution in [0.2, 0.25) is 0 Å². The standard InChI is InChI=1S/C29H33N3O5/c1-29(2,3)37-28(34)32-16-8-12-23(32)20-35-24-13-14-26(36-19-21-9-5-4-6-10-21)25(17-24)27(33)31-22-11-7-15-30-18-22/h4-7,9-11,13-15,17-18,23H,8,12,16,19-20H2,1-3H3,(H,31,33)/t23-/m0/s1. The quantitative estimate of drug-likeness (QED) is 0.425. The Kier molecular flexibility index (Phi) is 8.28. The number of likely N-dealkylation sites (tertiary alicyclic amines) is 1. The summed E-state index contributed by atoms with van der Waals surface area (Å²) in [5.74, 6) is 0.617. The van der Waals surface area contributed by atoms with Crippen LogP contribution >= 0.6 is 0 Å². The fourth-order valence-electron chi connectivity index (χ4n) is 4.03. The van der Waals surface area contributed by atoms with Crippen molar-refractivity contribution in [3.63, 3.8) is 0 Å². The predicted molar refractivity (Wildman–Crippen MR) is 141 cm³/mol. The maximum atomic E-state index is 13.2. The number of carbonyl (C=O) groups excluding carboxylic acids is 2. The lowest BCUT2D eigenvalue weighted by molar-refractivity contribution is 0.0187. The number of hydrogen-bond acceptors (Lipinski definition) is 6. The largest absolute Gasteiger partial charge is 0.491 e. The van der Waals surface area contributed by atoms with E-state index in [0.717, 1.165) is 18.4 Å². The first kappa shape index (κ1) is 26.0. The summed E-state index contributed by atoms with van der Waals surface area (Å²) in [5, 5.41) is 2.86. The van der Waals surface area contributed by atoms with Gasteiger partial charge in [0.1, 0.15) is 30.3 Å². The molecule has 1 atom stereocenters. The first-order chi connectivity index (χ1) is 17.8. The molecule has 0 saturated carbocycles. The van der Waals surface area contributed by atoms with Crippen LogP contribution < -0.4 is 14.8 Å². The SMILES string of the molecule is CC(C)(C)OC(=O)N1CCC[C@H]1COc1ccc(OCc2ccccc2)c(C(=O)Nc2cccnc2)c1. The number of nitrogens with zero attached hydrogens (tertiary/aromatic N) is 2. The number of benzene rings is 2. The van der Waals surface area contributed by atoms with Gasteiger partial charge in [-0.1, -0.05) is 30.3 Å². The molecule has 2 heterocycles. The molecule has 1 N–H and O–H groups in total. The molecule has 4 rings (SSSR count). The van der Waals surface area contributed by atoms with Crippen LogP contribution in [0.3, 0.4) is 0 Å². The molecule has 1 aliphatic heterocycles. The minimum atomic E-state index is -0.558. The lowest BCUT2D eigenvalue weighted by Gasteiger charge is -2.28. The summed E-state index contributed by atoms with van der Waals surface area (Å²) in [6, 6.07) is 18.3. The van der Waals surface area contributed by atoms with Crippen LogP contribution in [0.5, 0.6) is 11.5 Å². The molecule has 2 amide bonds. The van der Waals surface area contributed by atoms with Crippen molar-refractivity contribution in [1.82, 2.24) is 9.88 Å². The van der Waals surface area contributed by atoms with Gasteiger partial charge in [-0.05, 0) is 69.5 Å². The summed E-state index contributed by atoms with van der Waals surface area (Å²) < 4.78 is 17.6. The number of nitrogens with one attached hydrogen (secondary N) is 1. The van der Waals surface area contributed by atoms with Crippen molar-refractivity contribution < 1.29 is 23.8 Å². The highest BCUT2D eigenvalue weighted by Crippen LogP contribution is 2.28. The number of rotatable bonds is 8. The molecular formula is C29H33N3O5. The number of pyridine rings is 1. The van der Waals surface area contributed by atoms with Gasteiger partial charge >= 0.3 is 6.09 Å². The van der Waals surface area contributed by atoms with E-state index in [0.29, 0.717) is 42.5 Å². The van der Waals surface area contributed by atoms with Crippen molar-refractivity contribution in [1.29, 1.82) is 0 Å². The highest BCUT2D eigenvalue weighted by atomic mass is 16.6. The molecule has 1 aliphatic rings. The van der Waals surface area contributed by atoms with Crippen LogP contribution in [-0.4, -0.2) is 46.7 Å². The van der Waals surface area contributed by atoms with Crippen molar-refractivity contribution >= 4 is 17.7 Å². The Hall–Kier alpha value is -4.07. The number of carbonyl (C=O) groups is 2. The van der Waals surface area contributed by atoms with Gasteiger partial charge < -0.3 is 24.4 Å². The van der Waals surface area contributed by atoms with Gasteiger partial charge in [0.15, 0.2) is 0 Å². The number of ether oxygens (including phenoxy) is 3. The van der Waals surface area contributed by atoms with Gasteiger partial charge in [-0.2, -0.15) is 0 Å². The average Bonchev–Trinajstić information content (AvgIpc) is 3.36. The first-order valence-electron chi connectivity index (χ1n) is 12.4. The second kappa shape index (κ2) is 11.8. The van der Waals surface area contributed by atoms with Gasteiger partial charge in [-0.15, -0.1) is 0 Å². The third-order valence-corrected chi connectivity index (χ3v) is 5.80. The molecule has 2 aromatic carbocycles. The van der Waals surface area contributed by atoms with Crippen LogP contribution in [0.4, 0.5) is 10.5 Å². The third kappa shape index (κ3) is 7.46. The van der Waals surface area contributed by atoms with Gasteiger partial charge in [0.25, 0.3) is 5.91 Å².